The maximum Gasteiger partial charge on any atom is 0.318 e. The number of carbonyl (C=O) groups excluding carboxylic acids is 3. The number of phenols is 1. The molecule has 0 saturated carbocycles. The summed E-state index contributed by atoms with van der Waals surface area (Å²) in [5.74, 6) is 0.287. The lowest BCUT2D eigenvalue weighted by atomic mass is 10.0. The minimum Gasteiger partial charge on any atom is -0.506 e. The van der Waals surface area contributed by atoms with Crippen molar-refractivity contribution in [2.24, 2.45) is 5.73 Å². The molecule has 13 nitrogen and oxygen atoms in total. The third-order valence-electron chi connectivity index (χ3n) is 8.85. The van der Waals surface area contributed by atoms with Gasteiger partial charge in [0.2, 0.25) is 11.8 Å². The summed E-state index contributed by atoms with van der Waals surface area (Å²) >= 11 is 6.73. The van der Waals surface area contributed by atoms with Crippen molar-refractivity contribution in [3.63, 3.8) is 0 Å². The average Bonchev–Trinajstić information content (AvgIpc) is 3.13. The van der Waals surface area contributed by atoms with E-state index in [1.165, 1.54) is 0 Å². The normalized spacial score (nSPS) is 16.2. The van der Waals surface area contributed by atoms with Crippen LogP contribution in [0.1, 0.15) is 24.8 Å². The predicted octanol–water partition coefficient (Wildman–Crippen LogP) is 3.11. The van der Waals surface area contributed by atoms with Crippen molar-refractivity contribution in [2.75, 3.05) is 68.7 Å². The Morgan fingerprint density at radius 1 is 0.816 bits per heavy atom. The fraction of sp³-hybridized carbons (Fsp3) is 0.441. The first-order chi connectivity index (χ1) is 23.7. The molecule has 0 unspecified atom stereocenters. The summed E-state index contributed by atoms with van der Waals surface area (Å²) in [4.78, 5) is 57.9. The van der Waals surface area contributed by atoms with E-state index in [0.717, 1.165) is 17.9 Å². The minimum absolute atomic E-state index is 0.0363. The third-order valence-corrected chi connectivity index (χ3v) is 10.1. The first-order valence-corrected chi connectivity index (χ1v) is 18.1. The topological polar surface area (TPSA) is 160 Å². The highest BCUT2D eigenvalue weighted by Gasteiger charge is 2.32. The molecule has 2 saturated heterocycles. The van der Waals surface area contributed by atoms with Crippen molar-refractivity contribution in [1.29, 1.82) is 0 Å². The highest BCUT2D eigenvalue weighted by Crippen LogP contribution is 2.33. The number of carbonyl (C=O) groups is 3. The lowest BCUT2D eigenvalue weighted by molar-refractivity contribution is -0.137. The fourth-order valence-corrected chi connectivity index (χ4v) is 7.36. The van der Waals surface area contributed by atoms with Crippen LogP contribution in [-0.4, -0.2) is 114 Å². The predicted molar refractivity (Wildman–Crippen MR) is 195 cm³/mol. The molecule has 15 heteroatoms. The number of amides is 4. The second-order valence-electron chi connectivity index (χ2n) is 12.1. The smallest absolute Gasteiger partial charge is 0.318 e. The molecule has 2 atom stereocenters. The van der Waals surface area contributed by atoms with E-state index in [9.17, 15) is 19.5 Å². The number of pyridine rings is 2. The van der Waals surface area contributed by atoms with E-state index in [1.807, 2.05) is 30.3 Å². The maximum atomic E-state index is 14.1. The summed E-state index contributed by atoms with van der Waals surface area (Å²) in [6, 6.07) is 10.9. The molecular weight excluding hydrogens is 758 g/mol. The molecule has 2 aliphatic heterocycles. The van der Waals surface area contributed by atoms with Gasteiger partial charge in [0.05, 0.1) is 8.95 Å². The number of nitrogens with one attached hydrogen (secondary N) is 2. The Balaban J connectivity index is 1.28. The van der Waals surface area contributed by atoms with E-state index in [2.05, 4.69) is 62.3 Å². The van der Waals surface area contributed by atoms with E-state index >= 15 is 0 Å². The monoisotopic (exact) mass is 799 g/mol. The quantitative estimate of drug-likeness (QED) is 0.202. The molecule has 2 aliphatic rings. The van der Waals surface area contributed by atoms with Gasteiger partial charge in [0, 0.05) is 83.1 Å². The highest BCUT2D eigenvalue weighted by molar-refractivity contribution is 9.11. The van der Waals surface area contributed by atoms with Gasteiger partial charge in [-0.2, -0.15) is 0 Å². The lowest BCUT2D eigenvalue weighted by Gasteiger charge is -2.38. The molecule has 0 aliphatic carbocycles. The number of hydrogen-bond donors (Lipinski definition) is 4. The Hall–Kier alpha value is -3.95. The molecule has 5 N–H and O–H groups in total. The zero-order valence-corrected chi connectivity index (χ0v) is 30.5. The van der Waals surface area contributed by atoms with Crippen molar-refractivity contribution in [1.82, 2.24) is 30.4 Å². The number of benzene rings is 1. The van der Waals surface area contributed by atoms with E-state index < -0.39 is 18.0 Å². The van der Waals surface area contributed by atoms with Crippen LogP contribution in [0.4, 0.5) is 16.3 Å². The summed E-state index contributed by atoms with van der Waals surface area (Å²) in [7, 11) is 0. The van der Waals surface area contributed by atoms with Gasteiger partial charge in [-0.15, -0.1) is 0 Å². The number of unbranched alkanes of at least 4 members (excludes halogenated alkanes) is 1. The first-order valence-electron chi connectivity index (χ1n) is 16.6. The Kier molecular flexibility index (Phi) is 13.1. The summed E-state index contributed by atoms with van der Waals surface area (Å²) in [5.41, 5.74) is 7.52. The molecule has 3 aromatic rings. The van der Waals surface area contributed by atoms with Gasteiger partial charge in [-0.05, 0) is 99.6 Å². The summed E-state index contributed by atoms with van der Waals surface area (Å²) in [6.07, 6.45) is 7.20. The standard InChI is InChI=1S/C34H43Br2N9O4/c35-26-21-24(22-27(36)31(26)46)23-29(41-34(49)45-19-15-43(16-20-45)30-6-2-4-10-39-30)32(47)40-28(5-1-3-9-37)33(48)44-17-13-42(14-18-44)25-7-11-38-12-8-25/h2,4,6-8,10-12,21-22,28-29,46H,1,3,5,9,13-20,23,37H2,(H,40,47)(H,41,49)/t28-,29+/m0/s1. The van der Waals surface area contributed by atoms with Crippen LogP contribution in [0, 0.1) is 0 Å². The van der Waals surface area contributed by atoms with Crippen LogP contribution in [0.15, 0.2) is 70.0 Å². The number of aromatic hydroxyl groups is 1. The third kappa shape index (κ3) is 9.82. The number of hydrogen-bond acceptors (Lipinski definition) is 9. The highest BCUT2D eigenvalue weighted by atomic mass is 79.9. The van der Waals surface area contributed by atoms with E-state index in [1.54, 1.807) is 40.5 Å². The number of phenolic OH excluding ortho intramolecular Hbond substituents is 1. The molecule has 0 radical (unpaired) electrons. The molecule has 49 heavy (non-hydrogen) atoms. The van der Waals surface area contributed by atoms with Crippen LogP contribution in [0.5, 0.6) is 5.75 Å². The lowest BCUT2D eigenvalue weighted by Crippen LogP contribution is -2.59. The molecular formula is C34H43Br2N9O4. The molecule has 2 fully saturated rings. The van der Waals surface area contributed by atoms with Gasteiger partial charge in [0.1, 0.15) is 23.7 Å². The number of nitrogens with two attached hydrogens (primary N) is 1. The Morgan fingerprint density at radius 3 is 2.10 bits per heavy atom. The molecule has 0 bridgehead atoms. The van der Waals surface area contributed by atoms with Crippen molar-refractivity contribution in [3.8, 4) is 5.75 Å². The average molecular weight is 802 g/mol. The SMILES string of the molecule is NCCCC[C@H](NC(=O)[C@@H](Cc1cc(Br)c(O)c(Br)c1)NC(=O)N1CCN(c2ccccn2)CC1)C(=O)N1CCN(c2ccncc2)CC1. The van der Waals surface area contributed by atoms with Crippen LogP contribution in [0.2, 0.25) is 0 Å². The zero-order valence-electron chi connectivity index (χ0n) is 27.3. The minimum atomic E-state index is -0.988. The van der Waals surface area contributed by atoms with Crippen molar-refractivity contribution < 1.29 is 19.5 Å². The fourth-order valence-electron chi connectivity index (χ4n) is 6.08. The van der Waals surface area contributed by atoms with Gasteiger partial charge in [-0.1, -0.05) is 6.07 Å². The maximum absolute atomic E-state index is 14.1. The number of nitrogens with zero attached hydrogens (tertiary/aromatic N) is 6. The van der Waals surface area contributed by atoms with Crippen molar-refractivity contribution in [3.05, 3.63) is 75.6 Å². The largest absolute Gasteiger partial charge is 0.506 e. The molecule has 262 valence electrons. The zero-order chi connectivity index (χ0) is 34.8. The molecule has 1 aromatic carbocycles. The number of piperazine rings is 2. The van der Waals surface area contributed by atoms with Gasteiger partial charge in [0.15, 0.2) is 0 Å². The van der Waals surface area contributed by atoms with Gasteiger partial charge in [-0.3, -0.25) is 14.6 Å². The van der Waals surface area contributed by atoms with Gasteiger partial charge in [0.25, 0.3) is 0 Å². The Bertz CT molecular complexity index is 1530. The van der Waals surface area contributed by atoms with Crippen molar-refractivity contribution in [2.45, 2.75) is 37.8 Å². The molecule has 2 aromatic heterocycles. The molecule has 4 heterocycles. The van der Waals surface area contributed by atoms with Crippen LogP contribution >= 0.6 is 31.9 Å². The second kappa shape index (κ2) is 17.6. The molecule has 5 rings (SSSR count). The van der Waals surface area contributed by atoms with Gasteiger partial charge >= 0.3 is 6.03 Å². The second-order valence-corrected chi connectivity index (χ2v) is 13.8. The van der Waals surface area contributed by atoms with E-state index in [4.69, 9.17) is 5.73 Å². The summed E-state index contributed by atoms with van der Waals surface area (Å²) < 4.78 is 0.905. The first kappa shape index (κ1) is 36.3. The van der Waals surface area contributed by atoms with Crippen LogP contribution in [-0.2, 0) is 16.0 Å². The van der Waals surface area contributed by atoms with Crippen LogP contribution < -0.4 is 26.2 Å². The van der Waals surface area contributed by atoms with Crippen LogP contribution in [0.25, 0.3) is 0 Å². The molecule has 0 spiro atoms. The number of rotatable bonds is 12. The molecule has 4 amide bonds. The summed E-state index contributed by atoms with van der Waals surface area (Å²) in [5, 5.41) is 16.2. The number of urea groups is 1. The van der Waals surface area contributed by atoms with E-state index in [-0.39, 0.29) is 24.1 Å². The van der Waals surface area contributed by atoms with Crippen LogP contribution in [0.3, 0.4) is 0 Å². The van der Waals surface area contributed by atoms with Gasteiger partial charge < -0.3 is 41.1 Å². The number of halogens is 2. The number of anilines is 2. The Morgan fingerprint density at radius 2 is 1.47 bits per heavy atom. The van der Waals surface area contributed by atoms with E-state index in [0.29, 0.717) is 86.3 Å². The summed E-state index contributed by atoms with van der Waals surface area (Å²) in [6.45, 7) is 4.96. The Labute approximate surface area is 303 Å². The number of aromatic nitrogens is 2. The van der Waals surface area contributed by atoms with Gasteiger partial charge in [-0.25, -0.2) is 9.78 Å². The van der Waals surface area contributed by atoms with Crippen molar-refractivity contribution >= 4 is 61.2 Å².